The van der Waals surface area contributed by atoms with E-state index >= 15 is 0 Å². The zero-order valence-electron chi connectivity index (χ0n) is 23.9. The molecule has 220 valence electrons. The van der Waals surface area contributed by atoms with Crippen LogP contribution in [0.3, 0.4) is 0 Å². The molecule has 8 nitrogen and oxygen atoms in total. The van der Waals surface area contributed by atoms with Crippen molar-refractivity contribution < 1.29 is 22.7 Å². The molecule has 11 heteroatoms. The summed E-state index contributed by atoms with van der Waals surface area (Å²) in [6, 6.07) is 12.6. The zero-order chi connectivity index (χ0) is 29.8. The first-order chi connectivity index (χ1) is 20.0. The van der Waals surface area contributed by atoms with Crippen molar-refractivity contribution in [1.82, 2.24) is 19.7 Å². The second-order valence-electron chi connectivity index (χ2n) is 12.1. The average Bonchev–Trinajstić information content (AvgIpc) is 3.46. The Bertz CT molecular complexity index is 1540. The van der Waals surface area contributed by atoms with Gasteiger partial charge in [0.15, 0.2) is 0 Å². The molecule has 0 radical (unpaired) electrons. The van der Waals surface area contributed by atoms with Crippen LogP contribution in [0.4, 0.5) is 18.9 Å². The van der Waals surface area contributed by atoms with Crippen LogP contribution in [0.2, 0.25) is 0 Å². The number of morpholine rings is 1. The Morgan fingerprint density at radius 3 is 2.52 bits per heavy atom. The maximum Gasteiger partial charge on any atom is 0.416 e. The van der Waals surface area contributed by atoms with Crippen LogP contribution in [-0.2, 0) is 42.9 Å². The van der Waals surface area contributed by atoms with Crippen molar-refractivity contribution in [3.8, 4) is 6.07 Å². The Kier molecular flexibility index (Phi) is 7.10. The molecule has 3 aliphatic rings. The molecule has 2 aliphatic heterocycles. The lowest BCUT2D eigenvalue weighted by Gasteiger charge is -2.45. The number of aryl methyl sites for hydroxylation is 1. The lowest BCUT2D eigenvalue weighted by molar-refractivity contribution is -0.138. The number of ether oxygens (including phenoxy) is 1. The molecule has 2 aromatic carbocycles. The van der Waals surface area contributed by atoms with Gasteiger partial charge in [-0.15, -0.1) is 10.2 Å². The van der Waals surface area contributed by atoms with E-state index in [1.54, 1.807) is 18.5 Å². The predicted octanol–water partition coefficient (Wildman–Crippen LogP) is 5.02. The summed E-state index contributed by atoms with van der Waals surface area (Å²) in [6.45, 7) is 5.26. The number of hydrogen-bond donors (Lipinski definition) is 0. The van der Waals surface area contributed by atoms with Gasteiger partial charge in [0.25, 0.3) is 5.91 Å². The quantitative estimate of drug-likeness (QED) is 0.409. The molecule has 3 aromatic rings. The Morgan fingerprint density at radius 2 is 1.88 bits per heavy atom. The Labute approximate surface area is 242 Å². The minimum atomic E-state index is -4.60. The maximum atomic E-state index is 14.3. The number of amides is 1. The van der Waals surface area contributed by atoms with Crippen LogP contribution < -0.4 is 4.90 Å². The fraction of sp³-hybridized carbons (Fsp3) is 0.484. The second kappa shape index (κ2) is 10.5. The molecule has 2 atom stereocenters. The largest absolute Gasteiger partial charge is 0.416 e. The number of benzene rings is 2. The van der Waals surface area contributed by atoms with E-state index in [1.807, 2.05) is 43.7 Å². The van der Waals surface area contributed by atoms with Gasteiger partial charge in [0.05, 0.1) is 30.4 Å². The average molecular weight is 579 g/mol. The van der Waals surface area contributed by atoms with Gasteiger partial charge in [0.2, 0.25) is 0 Å². The third-order valence-corrected chi connectivity index (χ3v) is 8.84. The number of anilines is 1. The van der Waals surface area contributed by atoms with Crippen molar-refractivity contribution in [2.45, 2.75) is 70.0 Å². The van der Waals surface area contributed by atoms with Crippen molar-refractivity contribution >= 4 is 11.6 Å². The summed E-state index contributed by atoms with van der Waals surface area (Å²) in [7, 11) is 1.87. The fourth-order valence-corrected chi connectivity index (χ4v) is 6.92. The number of rotatable bonds is 6. The third kappa shape index (κ3) is 5.18. The van der Waals surface area contributed by atoms with Crippen LogP contribution in [0, 0.1) is 17.2 Å². The fourth-order valence-electron chi connectivity index (χ4n) is 6.92. The van der Waals surface area contributed by atoms with Gasteiger partial charge in [-0.25, -0.2) is 0 Å². The van der Waals surface area contributed by atoms with Crippen LogP contribution in [0.25, 0.3) is 0 Å². The highest BCUT2D eigenvalue weighted by Crippen LogP contribution is 2.50. The normalized spacial score (nSPS) is 26.2. The van der Waals surface area contributed by atoms with E-state index in [4.69, 9.17) is 4.74 Å². The molecular weight excluding hydrogens is 545 g/mol. The van der Waals surface area contributed by atoms with E-state index in [0.717, 1.165) is 11.4 Å². The smallest absolute Gasteiger partial charge is 0.373 e. The number of alkyl halides is 3. The molecule has 1 aliphatic carbocycles. The summed E-state index contributed by atoms with van der Waals surface area (Å²) in [5.74, 6) is 0.252. The van der Waals surface area contributed by atoms with E-state index in [-0.39, 0.29) is 41.2 Å². The van der Waals surface area contributed by atoms with Gasteiger partial charge in [-0.2, -0.15) is 18.4 Å². The molecule has 1 saturated heterocycles. The van der Waals surface area contributed by atoms with Crippen LogP contribution >= 0.6 is 0 Å². The molecular formula is C31H33F3N6O2. The highest BCUT2D eigenvalue weighted by molar-refractivity contribution is 6.10. The van der Waals surface area contributed by atoms with Crippen molar-refractivity contribution in [3.05, 3.63) is 76.4 Å². The van der Waals surface area contributed by atoms with Crippen LogP contribution in [0.1, 0.15) is 65.1 Å². The standard InChI is InChI=1S/C31H33F3N6O2/c1-19-14-39(15-20(2)42-19)16-21-7-25-26(27(8-21)31(32,33)34)17-40(29(25)41)24-6-4-5-23(9-24)30(10-22(11-30)13-35)12-28-37-36-18-38(28)3/h4-9,18-20,22H,10-12,14-17H2,1-3H3/t19-,20+,22-,30-. The number of nitrogens with zero attached hydrogens (tertiary/aromatic N) is 6. The number of carbonyl (C=O) groups excluding carboxylic acids is 1. The summed E-state index contributed by atoms with van der Waals surface area (Å²) in [5, 5.41) is 17.7. The van der Waals surface area contributed by atoms with Crippen LogP contribution in [0.15, 0.2) is 42.7 Å². The van der Waals surface area contributed by atoms with Crippen molar-refractivity contribution in [2.75, 3.05) is 18.0 Å². The topological polar surface area (TPSA) is 87.3 Å². The monoisotopic (exact) mass is 578 g/mol. The summed E-state index contributed by atoms with van der Waals surface area (Å²) < 4.78 is 50.6. The summed E-state index contributed by atoms with van der Waals surface area (Å²) >= 11 is 0. The molecule has 0 unspecified atom stereocenters. The van der Waals surface area contributed by atoms with E-state index in [2.05, 4.69) is 21.2 Å². The van der Waals surface area contributed by atoms with Gasteiger partial charge in [0.1, 0.15) is 12.2 Å². The number of nitriles is 1. The van der Waals surface area contributed by atoms with Crippen LogP contribution in [-0.4, -0.2) is 50.9 Å². The lowest BCUT2D eigenvalue weighted by Crippen LogP contribution is -2.44. The molecule has 0 bridgehead atoms. The number of hydrogen-bond acceptors (Lipinski definition) is 6. The summed E-state index contributed by atoms with van der Waals surface area (Å²) in [5.41, 5.74) is 0.914. The van der Waals surface area contributed by atoms with E-state index in [1.165, 1.54) is 11.0 Å². The SMILES string of the molecule is C[C@@H]1CN(Cc2cc3c(c(C(F)(F)F)c2)CN(c2cccc([C@]4(Cc5nncn5C)C[C@@H](C#N)C4)c2)C3=O)C[C@H](C)O1. The van der Waals surface area contributed by atoms with Gasteiger partial charge < -0.3 is 14.2 Å². The molecule has 1 saturated carbocycles. The first-order valence-corrected chi connectivity index (χ1v) is 14.2. The number of carbonyl (C=O) groups is 1. The molecule has 42 heavy (non-hydrogen) atoms. The molecule has 1 amide bonds. The Balaban J connectivity index is 1.31. The molecule has 2 fully saturated rings. The van der Waals surface area contributed by atoms with E-state index < -0.39 is 17.6 Å². The van der Waals surface area contributed by atoms with Crippen LogP contribution in [0.5, 0.6) is 0 Å². The predicted molar refractivity (Wildman–Crippen MR) is 148 cm³/mol. The zero-order valence-corrected chi connectivity index (χ0v) is 23.9. The van der Waals surface area contributed by atoms with Crippen molar-refractivity contribution in [3.63, 3.8) is 0 Å². The number of aromatic nitrogens is 3. The summed E-state index contributed by atoms with van der Waals surface area (Å²) in [6.07, 6.45) is -1.17. The highest BCUT2D eigenvalue weighted by atomic mass is 19.4. The second-order valence-corrected chi connectivity index (χ2v) is 12.1. The minimum Gasteiger partial charge on any atom is -0.373 e. The number of fused-ring (bicyclic) bond motifs is 1. The van der Waals surface area contributed by atoms with Gasteiger partial charge in [-0.3, -0.25) is 9.69 Å². The maximum absolute atomic E-state index is 14.3. The highest BCUT2D eigenvalue weighted by Gasteiger charge is 2.47. The van der Waals surface area contributed by atoms with Crippen molar-refractivity contribution in [2.24, 2.45) is 13.0 Å². The molecule has 0 N–H and O–H groups in total. The third-order valence-electron chi connectivity index (χ3n) is 8.84. The van der Waals surface area contributed by atoms with E-state index in [0.29, 0.717) is 50.1 Å². The summed E-state index contributed by atoms with van der Waals surface area (Å²) in [4.78, 5) is 17.2. The molecule has 1 aromatic heterocycles. The lowest BCUT2D eigenvalue weighted by atomic mass is 9.57. The number of halogens is 3. The first-order valence-electron chi connectivity index (χ1n) is 14.2. The molecule has 6 rings (SSSR count). The van der Waals surface area contributed by atoms with Gasteiger partial charge in [-0.05, 0) is 67.6 Å². The minimum absolute atomic E-state index is 0.00681. The molecule has 0 spiro atoms. The Hall–Kier alpha value is -3.75. The Morgan fingerprint density at radius 1 is 1.14 bits per heavy atom. The van der Waals surface area contributed by atoms with Gasteiger partial charge in [-0.1, -0.05) is 12.1 Å². The van der Waals surface area contributed by atoms with Crippen molar-refractivity contribution in [1.29, 1.82) is 5.26 Å². The van der Waals surface area contributed by atoms with Gasteiger partial charge in [0, 0.05) is 55.7 Å². The van der Waals surface area contributed by atoms with E-state index in [9.17, 15) is 23.2 Å². The molecule has 3 heterocycles. The first kappa shape index (κ1) is 28.4. The van der Waals surface area contributed by atoms with Gasteiger partial charge >= 0.3 is 6.18 Å².